The Bertz CT molecular complexity index is 1370. The molecular weight excluding hydrogens is 474 g/mol. The third-order valence-electron chi connectivity index (χ3n) is 6.78. The number of carbonyl (C=O) groups is 2. The Balaban J connectivity index is 1.42. The van der Waals surface area contributed by atoms with E-state index in [0.29, 0.717) is 25.2 Å². The summed E-state index contributed by atoms with van der Waals surface area (Å²) in [5.74, 6) is -0.657. The highest BCUT2D eigenvalue weighted by atomic mass is 32.2. The molecule has 1 saturated heterocycles. The molecule has 0 radical (unpaired) electrons. The number of fused-ring (bicyclic) bond motifs is 1. The molecule has 0 aliphatic carbocycles. The standard InChI is InChI=1S/C28H31N3O4S/c1-4-26(32)30-27-19(2)17-31(18-20(27)3)36(34,35)24-14-12-22(13-15-24)28(33)29-16-23-10-7-9-21-8-5-6-11-25(21)23/h4-15,19-20,27H,1,16-18H2,2-3H3,(H,29,33)(H,30,32). The summed E-state index contributed by atoms with van der Waals surface area (Å²) < 4.78 is 28.1. The van der Waals surface area contributed by atoms with Gasteiger partial charge in [0, 0.05) is 31.2 Å². The number of nitrogens with one attached hydrogen (secondary N) is 2. The van der Waals surface area contributed by atoms with Crippen molar-refractivity contribution in [1.29, 1.82) is 0 Å². The molecular formula is C28H31N3O4S. The van der Waals surface area contributed by atoms with Crippen LogP contribution in [0.1, 0.15) is 29.8 Å². The number of carbonyl (C=O) groups excluding carboxylic acids is 2. The minimum atomic E-state index is -3.74. The highest BCUT2D eigenvalue weighted by molar-refractivity contribution is 7.89. The molecule has 2 N–H and O–H groups in total. The maximum Gasteiger partial charge on any atom is 0.251 e. The smallest absolute Gasteiger partial charge is 0.251 e. The van der Waals surface area contributed by atoms with Crippen LogP contribution in [0.2, 0.25) is 0 Å². The van der Waals surface area contributed by atoms with Crippen molar-refractivity contribution in [1.82, 2.24) is 14.9 Å². The van der Waals surface area contributed by atoms with Gasteiger partial charge in [-0.05, 0) is 58.5 Å². The van der Waals surface area contributed by atoms with Gasteiger partial charge < -0.3 is 10.6 Å². The summed E-state index contributed by atoms with van der Waals surface area (Å²) in [5.41, 5.74) is 1.40. The zero-order chi connectivity index (χ0) is 25.9. The fourth-order valence-corrected chi connectivity index (χ4v) is 6.50. The van der Waals surface area contributed by atoms with Crippen molar-refractivity contribution in [3.8, 4) is 0 Å². The number of nitrogens with zero attached hydrogens (tertiary/aromatic N) is 1. The minimum absolute atomic E-state index is 0.0634. The lowest BCUT2D eigenvalue weighted by molar-refractivity contribution is -0.118. The van der Waals surface area contributed by atoms with Gasteiger partial charge in [0.05, 0.1) is 4.90 Å². The molecule has 188 valence electrons. The van der Waals surface area contributed by atoms with Crippen LogP contribution in [0.15, 0.2) is 84.3 Å². The quantitative estimate of drug-likeness (QED) is 0.479. The van der Waals surface area contributed by atoms with E-state index < -0.39 is 10.0 Å². The Kier molecular flexibility index (Phi) is 7.56. The Morgan fingerprint density at radius 3 is 2.28 bits per heavy atom. The van der Waals surface area contributed by atoms with Crippen molar-refractivity contribution < 1.29 is 18.0 Å². The monoisotopic (exact) mass is 505 g/mol. The van der Waals surface area contributed by atoms with Crippen LogP contribution >= 0.6 is 0 Å². The number of rotatable bonds is 7. The van der Waals surface area contributed by atoms with Crippen LogP contribution < -0.4 is 10.6 Å². The number of hydrogen-bond donors (Lipinski definition) is 2. The molecule has 7 nitrogen and oxygen atoms in total. The first-order valence-corrected chi connectivity index (χ1v) is 13.4. The summed E-state index contributed by atoms with van der Waals surface area (Å²) in [6.07, 6.45) is 1.22. The van der Waals surface area contributed by atoms with Gasteiger partial charge in [-0.2, -0.15) is 4.31 Å². The van der Waals surface area contributed by atoms with Crippen molar-refractivity contribution in [2.75, 3.05) is 13.1 Å². The third kappa shape index (κ3) is 5.34. The van der Waals surface area contributed by atoms with Crippen molar-refractivity contribution >= 4 is 32.6 Å². The molecule has 4 rings (SSSR count). The minimum Gasteiger partial charge on any atom is -0.349 e. The van der Waals surface area contributed by atoms with Gasteiger partial charge in [-0.15, -0.1) is 0 Å². The molecule has 2 unspecified atom stereocenters. The summed E-state index contributed by atoms with van der Waals surface area (Å²) in [4.78, 5) is 24.6. The van der Waals surface area contributed by atoms with Crippen molar-refractivity contribution in [2.45, 2.75) is 31.3 Å². The maximum atomic E-state index is 13.3. The molecule has 8 heteroatoms. The zero-order valence-electron chi connectivity index (χ0n) is 20.5. The second-order valence-electron chi connectivity index (χ2n) is 9.36. The molecule has 36 heavy (non-hydrogen) atoms. The molecule has 1 heterocycles. The van der Waals surface area contributed by atoms with E-state index in [1.807, 2.05) is 56.3 Å². The van der Waals surface area contributed by atoms with Gasteiger partial charge in [0.1, 0.15) is 0 Å². The fourth-order valence-electron chi connectivity index (χ4n) is 4.86. The van der Waals surface area contributed by atoms with Gasteiger partial charge in [0.2, 0.25) is 15.9 Å². The van der Waals surface area contributed by atoms with Crippen LogP contribution in [-0.2, 0) is 21.4 Å². The molecule has 0 bridgehead atoms. The fraction of sp³-hybridized carbons (Fsp3) is 0.286. The molecule has 2 amide bonds. The summed E-state index contributed by atoms with van der Waals surface area (Å²) in [5, 5.41) is 8.02. The molecule has 1 aliphatic rings. The first-order valence-electron chi connectivity index (χ1n) is 12.0. The average molecular weight is 506 g/mol. The van der Waals surface area contributed by atoms with E-state index in [0.717, 1.165) is 16.3 Å². The van der Waals surface area contributed by atoms with Crippen LogP contribution in [0.4, 0.5) is 0 Å². The largest absolute Gasteiger partial charge is 0.349 e. The molecule has 3 aromatic rings. The van der Waals surface area contributed by atoms with Gasteiger partial charge in [0.25, 0.3) is 5.91 Å². The van der Waals surface area contributed by atoms with Crippen LogP contribution in [0.25, 0.3) is 10.8 Å². The van der Waals surface area contributed by atoms with Crippen LogP contribution in [0, 0.1) is 11.8 Å². The molecule has 0 saturated carbocycles. The number of amides is 2. The first kappa shape index (κ1) is 25.6. The van der Waals surface area contributed by atoms with Crippen molar-refractivity contribution in [3.63, 3.8) is 0 Å². The van der Waals surface area contributed by atoms with Gasteiger partial charge in [0.15, 0.2) is 0 Å². The lowest BCUT2D eigenvalue weighted by atomic mass is 9.87. The van der Waals surface area contributed by atoms with Crippen molar-refractivity contribution in [2.24, 2.45) is 11.8 Å². The van der Waals surface area contributed by atoms with Gasteiger partial charge >= 0.3 is 0 Å². The zero-order valence-corrected chi connectivity index (χ0v) is 21.3. The summed E-state index contributed by atoms with van der Waals surface area (Å²) >= 11 is 0. The predicted octanol–water partition coefficient (Wildman–Crippen LogP) is 3.72. The Morgan fingerprint density at radius 2 is 1.61 bits per heavy atom. The summed E-state index contributed by atoms with van der Waals surface area (Å²) in [6, 6.07) is 19.9. The predicted molar refractivity (Wildman–Crippen MR) is 141 cm³/mol. The third-order valence-corrected chi connectivity index (χ3v) is 8.62. The van der Waals surface area contributed by atoms with Gasteiger partial charge in [-0.3, -0.25) is 9.59 Å². The van der Waals surface area contributed by atoms with Gasteiger partial charge in [-0.1, -0.05) is 62.9 Å². The Labute approximate surface area is 212 Å². The topological polar surface area (TPSA) is 95.6 Å². The summed E-state index contributed by atoms with van der Waals surface area (Å²) in [6.45, 7) is 8.29. The van der Waals surface area contributed by atoms with Crippen LogP contribution in [-0.4, -0.2) is 43.7 Å². The average Bonchev–Trinajstić information content (AvgIpc) is 2.89. The van der Waals surface area contributed by atoms with Crippen molar-refractivity contribution in [3.05, 3.63) is 90.5 Å². The molecule has 1 aliphatic heterocycles. The van der Waals surface area contributed by atoms with Gasteiger partial charge in [-0.25, -0.2) is 8.42 Å². The highest BCUT2D eigenvalue weighted by Crippen LogP contribution is 2.27. The van der Waals surface area contributed by atoms with E-state index in [1.54, 1.807) is 0 Å². The molecule has 1 fully saturated rings. The maximum absolute atomic E-state index is 13.3. The lowest BCUT2D eigenvalue weighted by Gasteiger charge is -2.40. The number of hydrogen-bond acceptors (Lipinski definition) is 4. The first-order chi connectivity index (χ1) is 17.2. The van der Waals surface area contributed by atoms with E-state index in [4.69, 9.17) is 0 Å². The van der Waals surface area contributed by atoms with Crippen LogP contribution in [0.3, 0.4) is 0 Å². The van der Waals surface area contributed by atoms with E-state index in [2.05, 4.69) is 17.2 Å². The molecule has 3 aromatic carbocycles. The second kappa shape index (κ2) is 10.6. The Morgan fingerprint density at radius 1 is 0.972 bits per heavy atom. The number of sulfonamides is 1. The van der Waals surface area contributed by atoms with E-state index in [1.165, 1.54) is 34.6 Å². The summed E-state index contributed by atoms with van der Waals surface area (Å²) in [7, 11) is -3.74. The van der Waals surface area contributed by atoms with E-state index >= 15 is 0 Å². The highest BCUT2D eigenvalue weighted by Gasteiger charge is 2.38. The lowest BCUT2D eigenvalue weighted by Crippen LogP contribution is -2.55. The second-order valence-corrected chi connectivity index (χ2v) is 11.3. The molecule has 2 atom stereocenters. The van der Waals surface area contributed by atoms with Crippen LogP contribution in [0.5, 0.6) is 0 Å². The molecule has 0 spiro atoms. The van der Waals surface area contributed by atoms with E-state index in [-0.39, 0.29) is 34.6 Å². The SMILES string of the molecule is C=CC(=O)NC1C(C)CN(S(=O)(=O)c2ccc(C(=O)NCc3cccc4ccccc34)cc2)CC1C. The normalized spacial score (nSPS) is 20.6. The number of piperidine rings is 1. The molecule has 0 aromatic heterocycles. The number of benzene rings is 3. The Hall–Kier alpha value is -3.49. The van der Waals surface area contributed by atoms with E-state index in [9.17, 15) is 18.0 Å².